The number of halogens is 3. The summed E-state index contributed by atoms with van der Waals surface area (Å²) in [4.78, 5) is 0. The molecule has 0 saturated carbocycles. The molecule has 90 valence electrons. The Morgan fingerprint density at radius 3 is 2.62 bits per heavy atom. The van der Waals surface area contributed by atoms with Crippen LogP contribution in [-0.2, 0) is 0 Å². The number of hydrogen-bond donors (Lipinski definition) is 2. The summed E-state index contributed by atoms with van der Waals surface area (Å²) in [6.07, 6.45) is -4.36. The van der Waals surface area contributed by atoms with Crippen molar-refractivity contribution in [1.29, 1.82) is 0 Å². The summed E-state index contributed by atoms with van der Waals surface area (Å²) in [6.45, 7) is -0.513. The van der Waals surface area contributed by atoms with E-state index in [0.717, 1.165) is 0 Å². The van der Waals surface area contributed by atoms with Gasteiger partial charge in [0.15, 0.2) is 0 Å². The lowest BCUT2D eigenvalue weighted by Gasteiger charge is -2.21. The van der Waals surface area contributed by atoms with Crippen molar-refractivity contribution in [2.75, 3.05) is 19.0 Å². The predicted molar refractivity (Wildman–Crippen MR) is 55.5 cm³/mol. The predicted octanol–water partition coefficient (Wildman–Crippen LogP) is 2.00. The van der Waals surface area contributed by atoms with Gasteiger partial charge < -0.3 is 15.8 Å². The first-order chi connectivity index (χ1) is 7.47. The molecule has 0 spiro atoms. The molecule has 1 aromatic carbocycles. The largest absolute Gasteiger partial charge is 0.497 e. The molecule has 0 aromatic heterocycles. The molecule has 3 nitrogen and oxygen atoms in total. The van der Waals surface area contributed by atoms with Gasteiger partial charge in [0.2, 0.25) is 0 Å². The molecule has 1 atom stereocenters. The number of anilines is 1. The number of ether oxygens (including phenoxy) is 1. The zero-order valence-corrected chi connectivity index (χ0v) is 8.71. The van der Waals surface area contributed by atoms with Crippen molar-refractivity contribution in [3.63, 3.8) is 0 Å². The maximum atomic E-state index is 12.4. The van der Waals surface area contributed by atoms with Gasteiger partial charge in [-0.3, -0.25) is 0 Å². The van der Waals surface area contributed by atoms with Gasteiger partial charge in [0.25, 0.3) is 0 Å². The smallest absolute Gasteiger partial charge is 0.409 e. The Kier molecular flexibility index (Phi) is 4.00. The third kappa shape index (κ3) is 3.30. The summed E-state index contributed by atoms with van der Waals surface area (Å²) >= 11 is 0. The quantitative estimate of drug-likeness (QED) is 0.837. The van der Waals surface area contributed by atoms with Gasteiger partial charge in [0.1, 0.15) is 11.8 Å². The van der Waals surface area contributed by atoms with E-state index in [0.29, 0.717) is 11.4 Å². The maximum Gasteiger partial charge on any atom is 0.409 e. The Balaban J connectivity index is 2.78. The number of hydrogen-bond acceptors (Lipinski definition) is 3. The molecule has 0 aliphatic rings. The van der Waals surface area contributed by atoms with E-state index in [1.807, 2.05) is 0 Å². The van der Waals surface area contributed by atoms with Gasteiger partial charge >= 0.3 is 6.18 Å². The van der Waals surface area contributed by atoms with Crippen molar-refractivity contribution >= 4 is 5.69 Å². The van der Waals surface area contributed by atoms with Crippen LogP contribution in [0.25, 0.3) is 0 Å². The highest BCUT2D eigenvalue weighted by atomic mass is 19.4. The normalized spacial score (nSPS) is 13.3. The highest BCUT2D eigenvalue weighted by Gasteiger charge is 2.38. The van der Waals surface area contributed by atoms with Crippen molar-refractivity contribution in [1.82, 2.24) is 0 Å². The first-order valence-electron chi connectivity index (χ1n) is 4.64. The molecule has 0 bridgehead atoms. The molecule has 0 aliphatic heterocycles. The molecule has 6 heteroatoms. The van der Waals surface area contributed by atoms with Crippen LogP contribution in [-0.4, -0.2) is 25.9 Å². The van der Waals surface area contributed by atoms with Crippen LogP contribution in [0.1, 0.15) is 0 Å². The number of benzene rings is 1. The van der Waals surface area contributed by atoms with E-state index < -0.39 is 18.8 Å². The van der Waals surface area contributed by atoms with Gasteiger partial charge in [-0.25, -0.2) is 0 Å². The molecule has 1 rings (SSSR count). The number of methoxy groups -OCH3 is 1. The zero-order chi connectivity index (χ0) is 12.2. The van der Waals surface area contributed by atoms with E-state index in [-0.39, 0.29) is 0 Å². The van der Waals surface area contributed by atoms with E-state index in [1.54, 1.807) is 12.1 Å². The topological polar surface area (TPSA) is 47.3 Å². The molecule has 0 heterocycles. The van der Waals surface area contributed by atoms with E-state index in [1.165, 1.54) is 19.2 Å². The molecule has 1 aromatic rings. The fourth-order valence-electron chi connectivity index (χ4n) is 1.19. The Labute approximate surface area is 91.4 Å². The van der Waals surface area contributed by atoms with Crippen LogP contribution in [0.2, 0.25) is 0 Å². The molecule has 0 saturated heterocycles. The fourth-order valence-corrected chi connectivity index (χ4v) is 1.19. The summed E-state index contributed by atoms with van der Waals surface area (Å²) < 4.78 is 42.1. The van der Waals surface area contributed by atoms with Crippen LogP contribution in [0.15, 0.2) is 24.3 Å². The van der Waals surface area contributed by atoms with Gasteiger partial charge in [-0.2, -0.15) is 13.2 Å². The van der Waals surface area contributed by atoms with Crippen LogP contribution in [0.5, 0.6) is 5.75 Å². The minimum atomic E-state index is -4.36. The first kappa shape index (κ1) is 12.6. The van der Waals surface area contributed by atoms with Crippen molar-refractivity contribution in [3.8, 4) is 5.75 Å². The molecule has 0 aliphatic carbocycles. The third-order valence-electron chi connectivity index (χ3n) is 2.04. The highest BCUT2D eigenvalue weighted by molar-refractivity contribution is 5.49. The van der Waals surface area contributed by atoms with Crippen LogP contribution in [0.3, 0.4) is 0 Å². The standard InChI is InChI=1S/C10H13F3N2O/c1-16-8-4-2-3-7(5-8)15-9(6-14)10(11,12)13/h2-5,9,15H,6,14H2,1H3. The van der Waals surface area contributed by atoms with Crippen molar-refractivity contribution in [2.45, 2.75) is 12.2 Å². The summed E-state index contributed by atoms with van der Waals surface area (Å²) in [5.41, 5.74) is 5.39. The summed E-state index contributed by atoms with van der Waals surface area (Å²) in [6, 6.07) is 4.51. The van der Waals surface area contributed by atoms with Crippen LogP contribution in [0, 0.1) is 0 Å². The third-order valence-corrected chi connectivity index (χ3v) is 2.04. The number of alkyl halides is 3. The monoisotopic (exact) mass is 234 g/mol. The second-order valence-electron chi connectivity index (χ2n) is 3.21. The molecule has 0 fully saturated rings. The lowest BCUT2D eigenvalue weighted by atomic mass is 10.2. The van der Waals surface area contributed by atoms with Gasteiger partial charge in [-0.1, -0.05) is 6.07 Å². The molecule has 1 unspecified atom stereocenters. The zero-order valence-electron chi connectivity index (χ0n) is 8.71. The minimum Gasteiger partial charge on any atom is -0.497 e. The van der Waals surface area contributed by atoms with E-state index in [4.69, 9.17) is 10.5 Å². The molecular formula is C10H13F3N2O. The van der Waals surface area contributed by atoms with Crippen LogP contribution in [0.4, 0.5) is 18.9 Å². The summed E-state index contributed by atoms with van der Waals surface area (Å²) in [5, 5.41) is 2.31. The second-order valence-corrected chi connectivity index (χ2v) is 3.21. The van der Waals surface area contributed by atoms with Crippen molar-refractivity contribution in [3.05, 3.63) is 24.3 Å². The number of nitrogens with one attached hydrogen (secondary N) is 1. The lowest BCUT2D eigenvalue weighted by Crippen LogP contribution is -2.42. The van der Waals surface area contributed by atoms with E-state index >= 15 is 0 Å². The SMILES string of the molecule is COc1cccc(NC(CN)C(F)(F)F)c1. The van der Waals surface area contributed by atoms with Crippen molar-refractivity contribution in [2.24, 2.45) is 5.73 Å². The fraction of sp³-hybridized carbons (Fsp3) is 0.400. The van der Waals surface area contributed by atoms with Crippen molar-refractivity contribution < 1.29 is 17.9 Å². The molecule has 0 amide bonds. The average molecular weight is 234 g/mol. The molecule has 0 radical (unpaired) electrons. The molecule has 16 heavy (non-hydrogen) atoms. The highest BCUT2D eigenvalue weighted by Crippen LogP contribution is 2.24. The van der Waals surface area contributed by atoms with E-state index in [2.05, 4.69) is 5.32 Å². The van der Waals surface area contributed by atoms with Gasteiger partial charge in [0.05, 0.1) is 7.11 Å². The second kappa shape index (κ2) is 5.07. The maximum absolute atomic E-state index is 12.4. The van der Waals surface area contributed by atoms with E-state index in [9.17, 15) is 13.2 Å². The Morgan fingerprint density at radius 1 is 1.44 bits per heavy atom. The summed E-state index contributed by atoms with van der Waals surface area (Å²) in [7, 11) is 1.45. The van der Waals surface area contributed by atoms with Crippen LogP contribution >= 0.6 is 0 Å². The minimum absolute atomic E-state index is 0.326. The lowest BCUT2D eigenvalue weighted by molar-refractivity contribution is -0.140. The number of rotatable bonds is 4. The summed E-state index contributed by atoms with van der Waals surface area (Å²) in [5.74, 6) is 0.489. The Morgan fingerprint density at radius 2 is 2.12 bits per heavy atom. The van der Waals surface area contributed by atoms with Gasteiger partial charge in [-0.15, -0.1) is 0 Å². The molecular weight excluding hydrogens is 221 g/mol. The molecule has 3 N–H and O–H groups in total. The van der Waals surface area contributed by atoms with Gasteiger partial charge in [0, 0.05) is 18.3 Å². The average Bonchev–Trinajstić information content (AvgIpc) is 2.24. The number of nitrogens with two attached hydrogens (primary N) is 1. The Bertz CT molecular complexity index is 341. The Hall–Kier alpha value is -1.43. The van der Waals surface area contributed by atoms with Gasteiger partial charge in [-0.05, 0) is 12.1 Å². The first-order valence-corrected chi connectivity index (χ1v) is 4.64. The van der Waals surface area contributed by atoms with Crippen LogP contribution < -0.4 is 15.8 Å².